The van der Waals surface area contributed by atoms with Crippen LogP contribution in [0.4, 0.5) is 16.3 Å². The molecule has 0 atom stereocenters. The average molecular weight is 284 g/mol. The van der Waals surface area contributed by atoms with Gasteiger partial charge >= 0.3 is 0 Å². The van der Waals surface area contributed by atoms with Crippen molar-refractivity contribution in [2.45, 2.75) is 0 Å². The largest absolute Gasteiger partial charge is 0.368 e. The molecule has 0 fully saturated rings. The molecule has 82 valence electrons. The molecule has 1 aromatic carbocycles. The smallest absolute Gasteiger partial charge is 0.225 e. The lowest BCUT2D eigenvalue weighted by Crippen LogP contribution is -2.05. The first-order chi connectivity index (χ1) is 7.58. The van der Waals surface area contributed by atoms with Crippen molar-refractivity contribution in [1.29, 1.82) is 0 Å². The molecule has 4 N–H and O–H groups in total. The van der Waals surface area contributed by atoms with Crippen LogP contribution in [0.5, 0.6) is 0 Å². The number of nitrogens with two attached hydrogens (primary N) is 2. The molecule has 0 amide bonds. The Morgan fingerprint density at radius 3 is 2.25 bits per heavy atom. The SMILES string of the molecule is Nc1nc(N)nc(-c2c(F)cccc2Br)n1. The minimum absolute atomic E-state index is 0.0438. The average Bonchev–Trinajstić information content (AvgIpc) is 2.15. The van der Waals surface area contributed by atoms with Gasteiger partial charge in [-0.3, -0.25) is 0 Å². The van der Waals surface area contributed by atoms with E-state index in [-0.39, 0.29) is 23.3 Å². The van der Waals surface area contributed by atoms with Crippen LogP contribution in [0.2, 0.25) is 0 Å². The van der Waals surface area contributed by atoms with Gasteiger partial charge in [0.25, 0.3) is 0 Å². The number of anilines is 2. The van der Waals surface area contributed by atoms with Crippen LogP contribution in [0.15, 0.2) is 22.7 Å². The number of benzene rings is 1. The predicted molar refractivity (Wildman–Crippen MR) is 61.7 cm³/mol. The summed E-state index contributed by atoms with van der Waals surface area (Å²) in [4.78, 5) is 11.3. The van der Waals surface area contributed by atoms with Crippen molar-refractivity contribution in [3.8, 4) is 11.4 Å². The van der Waals surface area contributed by atoms with Crippen LogP contribution < -0.4 is 11.5 Å². The Morgan fingerprint density at radius 1 is 1.06 bits per heavy atom. The van der Waals surface area contributed by atoms with Crippen molar-refractivity contribution in [2.75, 3.05) is 11.5 Å². The van der Waals surface area contributed by atoms with Gasteiger partial charge in [0.1, 0.15) is 5.82 Å². The van der Waals surface area contributed by atoms with E-state index < -0.39 is 5.82 Å². The van der Waals surface area contributed by atoms with Crippen molar-refractivity contribution in [3.05, 3.63) is 28.5 Å². The molecule has 0 bridgehead atoms. The molecule has 0 aliphatic rings. The highest BCUT2D eigenvalue weighted by Crippen LogP contribution is 2.28. The lowest BCUT2D eigenvalue weighted by Gasteiger charge is -2.05. The lowest BCUT2D eigenvalue weighted by atomic mass is 10.2. The fraction of sp³-hybridized carbons (Fsp3) is 0. The van der Waals surface area contributed by atoms with Crippen LogP contribution in [0.3, 0.4) is 0 Å². The maximum atomic E-state index is 13.6. The topological polar surface area (TPSA) is 90.7 Å². The quantitative estimate of drug-likeness (QED) is 0.830. The fourth-order valence-corrected chi connectivity index (χ4v) is 1.75. The van der Waals surface area contributed by atoms with E-state index >= 15 is 0 Å². The summed E-state index contributed by atoms with van der Waals surface area (Å²) in [7, 11) is 0. The van der Waals surface area contributed by atoms with Gasteiger partial charge in [0, 0.05) is 4.47 Å². The summed E-state index contributed by atoms with van der Waals surface area (Å²) in [6.45, 7) is 0. The molecule has 5 nitrogen and oxygen atoms in total. The van der Waals surface area contributed by atoms with Crippen molar-refractivity contribution in [2.24, 2.45) is 0 Å². The molecule has 0 spiro atoms. The highest BCUT2D eigenvalue weighted by molar-refractivity contribution is 9.10. The first kappa shape index (κ1) is 10.7. The van der Waals surface area contributed by atoms with Crippen molar-refractivity contribution in [1.82, 2.24) is 15.0 Å². The Labute approximate surface area is 98.9 Å². The van der Waals surface area contributed by atoms with E-state index in [2.05, 4.69) is 30.9 Å². The molecule has 0 aliphatic heterocycles. The fourth-order valence-electron chi connectivity index (χ4n) is 1.23. The zero-order valence-corrected chi connectivity index (χ0v) is 9.57. The van der Waals surface area contributed by atoms with E-state index in [1.54, 1.807) is 12.1 Å². The van der Waals surface area contributed by atoms with Crippen molar-refractivity contribution < 1.29 is 4.39 Å². The van der Waals surface area contributed by atoms with Crippen LogP contribution >= 0.6 is 15.9 Å². The molecule has 0 aliphatic carbocycles. The molecule has 1 heterocycles. The van der Waals surface area contributed by atoms with Gasteiger partial charge in [0.05, 0.1) is 5.56 Å². The number of hydrogen-bond donors (Lipinski definition) is 2. The molecular weight excluding hydrogens is 277 g/mol. The Hall–Kier alpha value is -1.76. The Balaban J connectivity index is 2.67. The predicted octanol–water partition coefficient (Wildman–Crippen LogP) is 1.60. The Morgan fingerprint density at radius 2 is 1.69 bits per heavy atom. The minimum atomic E-state index is -0.459. The van der Waals surface area contributed by atoms with Crippen LogP contribution in [0.1, 0.15) is 0 Å². The Bertz CT molecular complexity index is 505. The highest BCUT2D eigenvalue weighted by Gasteiger charge is 2.13. The third kappa shape index (κ3) is 1.94. The van der Waals surface area contributed by atoms with Gasteiger partial charge in [-0.05, 0) is 28.1 Å². The number of halogens is 2. The molecule has 0 saturated heterocycles. The summed E-state index contributed by atoms with van der Waals surface area (Å²) in [5.74, 6) is -0.440. The normalized spacial score (nSPS) is 10.4. The Kier molecular flexibility index (Phi) is 2.69. The molecule has 0 unspecified atom stereocenters. The van der Waals surface area contributed by atoms with Gasteiger partial charge in [0.15, 0.2) is 5.82 Å². The second-order valence-electron chi connectivity index (χ2n) is 2.97. The van der Waals surface area contributed by atoms with E-state index in [4.69, 9.17) is 11.5 Å². The summed E-state index contributed by atoms with van der Waals surface area (Å²) in [6, 6.07) is 4.54. The number of aromatic nitrogens is 3. The maximum absolute atomic E-state index is 13.6. The third-order valence-electron chi connectivity index (χ3n) is 1.86. The zero-order valence-electron chi connectivity index (χ0n) is 7.98. The second-order valence-corrected chi connectivity index (χ2v) is 3.83. The van der Waals surface area contributed by atoms with Gasteiger partial charge in [-0.1, -0.05) is 6.07 Å². The van der Waals surface area contributed by atoms with Crippen molar-refractivity contribution in [3.63, 3.8) is 0 Å². The highest BCUT2D eigenvalue weighted by atomic mass is 79.9. The molecule has 0 radical (unpaired) electrons. The minimum Gasteiger partial charge on any atom is -0.368 e. The van der Waals surface area contributed by atoms with Gasteiger partial charge < -0.3 is 11.5 Å². The summed E-state index contributed by atoms with van der Waals surface area (Å²) < 4.78 is 14.1. The van der Waals surface area contributed by atoms with Crippen LogP contribution in [0, 0.1) is 5.82 Å². The monoisotopic (exact) mass is 283 g/mol. The van der Waals surface area contributed by atoms with Crippen LogP contribution in [0.25, 0.3) is 11.4 Å². The van der Waals surface area contributed by atoms with E-state index in [1.807, 2.05) is 0 Å². The van der Waals surface area contributed by atoms with Gasteiger partial charge in [0.2, 0.25) is 11.9 Å². The number of rotatable bonds is 1. The first-order valence-corrected chi connectivity index (χ1v) is 5.08. The van der Waals surface area contributed by atoms with Gasteiger partial charge in [-0.15, -0.1) is 0 Å². The second kappa shape index (κ2) is 4.01. The number of nitrogens with zero attached hydrogens (tertiary/aromatic N) is 3. The van der Waals surface area contributed by atoms with Gasteiger partial charge in [-0.2, -0.15) is 15.0 Å². The number of nitrogen functional groups attached to an aromatic ring is 2. The van der Waals surface area contributed by atoms with E-state index in [1.165, 1.54) is 6.07 Å². The molecule has 1 aromatic heterocycles. The van der Waals surface area contributed by atoms with Crippen LogP contribution in [-0.2, 0) is 0 Å². The number of hydrogen-bond acceptors (Lipinski definition) is 5. The zero-order chi connectivity index (χ0) is 11.7. The van der Waals surface area contributed by atoms with Gasteiger partial charge in [-0.25, -0.2) is 4.39 Å². The summed E-state index contributed by atoms with van der Waals surface area (Å²) in [6.07, 6.45) is 0. The maximum Gasteiger partial charge on any atom is 0.225 e. The molecule has 7 heteroatoms. The lowest BCUT2D eigenvalue weighted by molar-refractivity contribution is 0.629. The summed E-state index contributed by atoms with van der Waals surface area (Å²) >= 11 is 3.21. The summed E-state index contributed by atoms with van der Waals surface area (Å²) in [5.41, 5.74) is 11.0. The molecule has 16 heavy (non-hydrogen) atoms. The molecular formula is C9H7BrFN5. The molecule has 2 rings (SSSR count). The van der Waals surface area contributed by atoms with E-state index in [0.717, 1.165) is 0 Å². The standard InChI is InChI=1S/C9H7BrFN5/c10-4-2-1-3-5(11)6(4)7-14-8(12)16-9(13)15-7/h1-3H,(H4,12,13,14,15,16). The van der Waals surface area contributed by atoms with E-state index in [9.17, 15) is 4.39 Å². The van der Waals surface area contributed by atoms with Crippen LogP contribution in [-0.4, -0.2) is 15.0 Å². The third-order valence-corrected chi connectivity index (χ3v) is 2.52. The van der Waals surface area contributed by atoms with E-state index in [0.29, 0.717) is 4.47 Å². The summed E-state index contributed by atoms with van der Waals surface area (Å²) in [5, 5.41) is 0. The van der Waals surface area contributed by atoms with Crippen molar-refractivity contribution >= 4 is 27.8 Å². The first-order valence-electron chi connectivity index (χ1n) is 4.29. The molecule has 0 saturated carbocycles. The molecule has 2 aromatic rings.